The van der Waals surface area contributed by atoms with Gasteiger partial charge in [0, 0.05) is 8.45 Å². The van der Waals surface area contributed by atoms with Crippen LogP contribution in [0.4, 0.5) is 0 Å². The van der Waals surface area contributed by atoms with Crippen LogP contribution >= 0.6 is 45.3 Å². The fourth-order valence-corrected chi connectivity index (χ4v) is 4.31. The molecular formula is C17H12INO2S2. The van der Waals surface area contributed by atoms with Crippen molar-refractivity contribution in [3.63, 3.8) is 0 Å². The predicted molar refractivity (Wildman–Crippen MR) is 102 cm³/mol. The van der Waals surface area contributed by atoms with Gasteiger partial charge in [0.05, 0.1) is 21.9 Å². The fraction of sp³-hybridized carbons (Fsp3) is 0.0588. The van der Waals surface area contributed by atoms with Gasteiger partial charge in [-0.25, -0.2) is 0 Å². The topological polar surface area (TPSA) is 46.2 Å². The van der Waals surface area contributed by atoms with E-state index in [4.69, 9.17) is 0 Å². The van der Waals surface area contributed by atoms with Gasteiger partial charge in [0.25, 0.3) is 5.91 Å². The fourth-order valence-electron chi connectivity index (χ4n) is 2.03. The number of ketones is 1. The van der Waals surface area contributed by atoms with Gasteiger partial charge in [-0.1, -0.05) is 18.2 Å². The summed E-state index contributed by atoms with van der Waals surface area (Å²) in [5.41, 5.74) is 0.666. The maximum atomic E-state index is 12.3. The number of carbonyl (C=O) groups excluding carboxylic acids is 2. The Morgan fingerprint density at radius 1 is 1.00 bits per heavy atom. The van der Waals surface area contributed by atoms with Crippen molar-refractivity contribution in [1.82, 2.24) is 5.32 Å². The second-order valence-electron chi connectivity index (χ2n) is 4.73. The van der Waals surface area contributed by atoms with Gasteiger partial charge in [-0.15, -0.1) is 22.7 Å². The van der Waals surface area contributed by atoms with E-state index in [0.717, 1.165) is 13.3 Å². The van der Waals surface area contributed by atoms with Gasteiger partial charge in [0.15, 0.2) is 0 Å². The van der Waals surface area contributed by atoms with E-state index in [-0.39, 0.29) is 11.7 Å². The molecular weight excluding hydrogens is 441 g/mol. The van der Waals surface area contributed by atoms with Crippen LogP contribution in [0.1, 0.15) is 29.8 Å². The Kier molecular flexibility index (Phi) is 5.24. The van der Waals surface area contributed by atoms with Crippen LogP contribution < -0.4 is 5.32 Å². The first-order chi connectivity index (χ1) is 11.1. The summed E-state index contributed by atoms with van der Waals surface area (Å²) in [7, 11) is 0. The van der Waals surface area contributed by atoms with Crippen LogP contribution in [0, 0.1) is 3.57 Å². The largest absolute Gasteiger partial charge is 0.347 e. The van der Waals surface area contributed by atoms with Gasteiger partial charge >= 0.3 is 0 Å². The third-order valence-corrected chi connectivity index (χ3v) is 6.07. The number of nitrogens with one attached hydrogen (secondary N) is 1. The second kappa shape index (κ2) is 7.37. The lowest BCUT2D eigenvalue weighted by atomic mass is 10.2. The first kappa shape index (κ1) is 16.4. The average Bonchev–Trinajstić information content (AvgIpc) is 3.24. The number of carbonyl (C=O) groups is 2. The molecule has 1 aromatic carbocycles. The van der Waals surface area contributed by atoms with Crippen molar-refractivity contribution in [3.8, 4) is 0 Å². The summed E-state index contributed by atoms with van der Waals surface area (Å²) < 4.78 is 0.919. The molecule has 0 radical (unpaired) electrons. The minimum absolute atomic E-state index is 0.0418. The molecule has 0 bridgehead atoms. The average molecular weight is 453 g/mol. The molecule has 0 atom stereocenters. The molecule has 0 spiro atoms. The first-order valence-corrected chi connectivity index (χ1v) is 9.62. The summed E-state index contributed by atoms with van der Waals surface area (Å²) in [6, 6.07) is 14.9. The Bertz CT molecular complexity index is 840. The monoisotopic (exact) mass is 453 g/mol. The van der Waals surface area contributed by atoms with Crippen molar-refractivity contribution >= 4 is 57.0 Å². The van der Waals surface area contributed by atoms with Crippen molar-refractivity contribution in [1.29, 1.82) is 0 Å². The maximum Gasteiger partial charge on any atom is 0.252 e. The highest BCUT2D eigenvalue weighted by Gasteiger charge is 2.14. The zero-order chi connectivity index (χ0) is 16.2. The molecule has 0 saturated carbocycles. The summed E-state index contributed by atoms with van der Waals surface area (Å²) in [4.78, 5) is 26.8. The van der Waals surface area contributed by atoms with Crippen LogP contribution in [0.2, 0.25) is 0 Å². The van der Waals surface area contributed by atoms with Crippen LogP contribution in [0.3, 0.4) is 0 Å². The van der Waals surface area contributed by atoms with Crippen molar-refractivity contribution in [2.24, 2.45) is 0 Å². The van der Waals surface area contributed by atoms with Crippen molar-refractivity contribution < 1.29 is 9.59 Å². The maximum absolute atomic E-state index is 12.3. The summed E-state index contributed by atoms with van der Waals surface area (Å²) >= 11 is 5.01. The van der Waals surface area contributed by atoms with Crippen molar-refractivity contribution in [2.45, 2.75) is 6.54 Å². The van der Waals surface area contributed by atoms with Gasteiger partial charge in [-0.2, -0.15) is 0 Å². The molecule has 3 aromatic rings. The van der Waals surface area contributed by atoms with Gasteiger partial charge in [-0.05, 0) is 58.3 Å². The van der Waals surface area contributed by atoms with Gasteiger partial charge in [0.2, 0.25) is 5.78 Å². The molecule has 23 heavy (non-hydrogen) atoms. The van der Waals surface area contributed by atoms with Crippen molar-refractivity contribution in [3.05, 3.63) is 77.7 Å². The van der Waals surface area contributed by atoms with Gasteiger partial charge in [-0.3, -0.25) is 9.59 Å². The zero-order valence-electron chi connectivity index (χ0n) is 11.9. The Balaban J connectivity index is 1.65. The van der Waals surface area contributed by atoms with Crippen LogP contribution in [0.25, 0.3) is 0 Å². The molecule has 0 fully saturated rings. The number of benzene rings is 1. The van der Waals surface area contributed by atoms with E-state index in [2.05, 4.69) is 27.9 Å². The third kappa shape index (κ3) is 3.88. The molecule has 116 valence electrons. The normalized spacial score (nSPS) is 10.5. The van der Waals surface area contributed by atoms with Crippen LogP contribution in [0.15, 0.2) is 53.9 Å². The standard InChI is InChI=1S/C17H12INO2S2/c18-13-5-2-1-4-12(13)17(21)19-10-11-7-8-15(23-11)16(20)14-6-3-9-22-14/h1-9H,10H2,(H,19,21). The lowest BCUT2D eigenvalue weighted by Crippen LogP contribution is -2.23. The smallest absolute Gasteiger partial charge is 0.252 e. The number of halogens is 1. The summed E-state index contributed by atoms with van der Waals surface area (Å²) in [6.07, 6.45) is 0. The molecule has 0 saturated heterocycles. The molecule has 6 heteroatoms. The Morgan fingerprint density at radius 3 is 2.57 bits per heavy atom. The van der Waals surface area contributed by atoms with Gasteiger partial charge in [0.1, 0.15) is 0 Å². The molecule has 0 aliphatic rings. The van der Waals surface area contributed by atoms with Crippen LogP contribution in [0.5, 0.6) is 0 Å². The SMILES string of the molecule is O=C(c1cccs1)c1ccc(CNC(=O)c2ccccc2I)s1. The summed E-state index contributed by atoms with van der Waals surface area (Å²) in [5.74, 6) is -0.0604. The van der Waals surface area contributed by atoms with E-state index < -0.39 is 0 Å². The zero-order valence-corrected chi connectivity index (χ0v) is 15.7. The number of rotatable bonds is 5. The lowest BCUT2D eigenvalue weighted by molar-refractivity contribution is 0.0950. The van der Waals surface area contributed by atoms with E-state index in [1.165, 1.54) is 22.7 Å². The number of hydrogen-bond donors (Lipinski definition) is 1. The summed E-state index contributed by atoms with van der Waals surface area (Å²) in [6.45, 7) is 0.423. The van der Waals surface area contributed by atoms with Crippen LogP contribution in [-0.2, 0) is 6.54 Å². The van der Waals surface area contributed by atoms with Crippen LogP contribution in [-0.4, -0.2) is 11.7 Å². The molecule has 2 heterocycles. The minimum Gasteiger partial charge on any atom is -0.347 e. The minimum atomic E-state index is -0.102. The van der Waals surface area contributed by atoms with E-state index in [0.29, 0.717) is 17.0 Å². The Labute approximate surface area is 155 Å². The number of amides is 1. The Hall–Kier alpha value is -1.51. The van der Waals surface area contributed by atoms with E-state index in [1.807, 2.05) is 47.8 Å². The molecule has 3 nitrogen and oxygen atoms in total. The molecule has 0 aliphatic heterocycles. The molecule has 0 aliphatic carbocycles. The quantitative estimate of drug-likeness (QED) is 0.454. The highest BCUT2D eigenvalue weighted by Crippen LogP contribution is 2.22. The summed E-state index contributed by atoms with van der Waals surface area (Å²) in [5, 5.41) is 4.79. The molecule has 3 rings (SSSR count). The molecule has 0 unspecified atom stereocenters. The molecule has 1 amide bonds. The van der Waals surface area contributed by atoms with E-state index >= 15 is 0 Å². The number of hydrogen-bond acceptors (Lipinski definition) is 4. The highest BCUT2D eigenvalue weighted by atomic mass is 127. The lowest BCUT2D eigenvalue weighted by Gasteiger charge is -2.05. The second-order valence-corrected chi connectivity index (χ2v) is 8.01. The number of thiophene rings is 2. The van der Waals surface area contributed by atoms with E-state index in [1.54, 1.807) is 6.07 Å². The highest BCUT2D eigenvalue weighted by molar-refractivity contribution is 14.1. The Morgan fingerprint density at radius 2 is 1.83 bits per heavy atom. The molecule has 1 N–H and O–H groups in total. The van der Waals surface area contributed by atoms with Crippen molar-refractivity contribution in [2.75, 3.05) is 0 Å². The third-order valence-electron chi connectivity index (χ3n) is 3.17. The first-order valence-electron chi connectivity index (χ1n) is 6.85. The van der Waals surface area contributed by atoms with E-state index in [9.17, 15) is 9.59 Å². The van der Waals surface area contributed by atoms with Gasteiger partial charge < -0.3 is 5.32 Å². The predicted octanol–water partition coefficient (Wildman–Crippen LogP) is 4.58. The molecule has 2 aromatic heterocycles.